The number of carbonyl (C=O) groups excluding carboxylic acids is 3. The minimum Gasteiger partial charge on any atom is -0.368 e. The second kappa shape index (κ2) is 8.93. The number of fused-ring (bicyclic) bond motifs is 1. The maximum absolute atomic E-state index is 13.5. The van der Waals surface area contributed by atoms with Crippen LogP contribution in [0.1, 0.15) is 21.7 Å². The molecule has 0 bridgehead atoms. The fourth-order valence-electron chi connectivity index (χ4n) is 4.25. The number of Topliss-reactive ketones (excluding diaryl/α,β-unsaturated/α-hetero) is 1. The van der Waals surface area contributed by atoms with Gasteiger partial charge in [0.1, 0.15) is 18.7 Å². The zero-order valence-electron chi connectivity index (χ0n) is 17.1. The third-order valence-electron chi connectivity index (χ3n) is 5.79. The van der Waals surface area contributed by atoms with Crippen molar-refractivity contribution in [2.75, 3.05) is 13.2 Å². The molecule has 2 fully saturated rings. The lowest BCUT2D eigenvalue weighted by atomic mass is 10.1. The van der Waals surface area contributed by atoms with E-state index in [0.29, 0.717) is 24.9 Å². The van der Waals surface area contributed by atoms with Crippen LogP contribution in [0.5, 0.6) is 0 Å². The third-order valence-corrected chi connectivity index (χ3v) is 7.61. The first-order valence-electron chi connectivity index (χ1n) is 10.4. The molecule has 5 rings (SSSR count). The molecule has 0 aliphatic carbocycles. The lowest BCUT2D eigenvalue weighted by Crippen LogP contribution is -2.53. The Morgan fingerprint density at radius 1 is 1.22 bits per heavy atom. The van der Waals surface area contributed by atoms with Crippen LogP contribution in [0, 0.1) is 0 Å². The molecule has 2 amide bonds. The normalized spacial score (nSPS) is 20.9. The second-order valence-corrected chi connectivity index (χ2v) is 9.81. The van der Waals surface area contributed by atoms with Crippen LogP contribution in [0.25, 0.3) is 10.4 Å². The van der Waals surface area contributed by atoms with E-state index in [1.807, 2.05) is 35.0 Å². The Bertz CT molecular complexity index is 1130. The lowest BCUT2D eigenvalue weighted by molar-refractivity contribution is -0.138. The van der Waals surface area contributed by atoms with Gasteiger partial charge in [0.05, 0.1) is 11.7 Å². The predicted molar refractivity (Wildman–Crippen MR) is 122 cm³/mol. The Morgan fingerprint density at radius 3 is 2.84 bits per heavy atom. The number of ether oxygens (including phenoxy) is 1. The van der Waals surface area contributed by atoms with Crippen molar-refractivity contribution < 1.29 is 19.1 Å². The van der Waals surface area contributed by atoms with E-state index in [1.54, 1.807) is 28.5 Å². The van der Waals surface area contributed by atoms with Gasteiger partial charge in [-0.2, -0.15) is 0 Å². The van der Waals surface area contributed by atoms with Gasteiger partial charge in [-0.15, -0.1) is 22.7 Å². The van der Waals surface area contributed by atoms with E-state index in [1.165, 1.54) is 17.5 Å². The fourth-order valence-corrected chi connectivity index (χ4v) is 5.72. The largest absolute Gasteiger partial charge is 0.368 e. The first kappa shape index (κ1) is 21.0. The van der Waals surface area contributed by atoms with Crippen molar-refractivity contribution in [2.24, 2.45) is 0 Å². The van der Waals surface area contributed by atoms with Gasteiger partial charge in [-0.25, -0.2) is 0 Å². The maximum atomic E-state index is 13.5. The molecule has 0 radical (unpaired) electrons. The Balaban J connectivity index is 1.38. The van der Waals surface area contributed by atoms with Crippen LogP contribution in [-0.2, 0) is 20.7 Å². The van der Waals surface area contributed by atoms with Crippen molar-refractivity contribution in [1.29, 1.82) is 0 Å². The Morgan fingerprint density at radius 2 is 2.06 bits per heavy atom. The highest BCUT2D eigenvalue weighted by Gasteiger charge is 2.48. The molecule has 0 spiro atoms. The average Bonchev–Trinajstić information content (AvgIpc) is 3.60. The van der Waals surface area contributed by atoms with Crippen LogP contribution >= 0.6 is 22.7 Å². The van der Waals surface area contributed by atoms with Crippen LogP contribution in [0.3, 0.4) is 0 Å². The van der Waals surface area contributed by atoms with E-state index in [4.69, 9.17) is 4.74 Å². The third kappa shape index (κ3) is 4.11. The molecule has 2 aliphatic heterocycles. The van der Waals surface area contributed by atoms with E-state index in [9.17, 15) is 14.4 Å². The van der Waals surface area contributed by atoms with Gasteiger partial charge in [0.2, 0.25) is 5.91 Å². The van der Waals surface area contributed by atoms with Gasteiger partial charge in [-0.1, -0.05) is 12.1 Å². The summed E-state index contributed by atoms with van der Waals surface area (Å²) in [6, 6.07) is 8.22. The molecule has 164 valence electrons. The van der Waals surface area contributed by atoms with E-state index in [-0.39, 0.29) is 30.3 Å². The number of rotatable bonds is 6. The minimum atomic E-state index is -0.779. The van der Waals surface area contributed by atoms with Crippen LogP contribution in [0.15, 0.2) is 53.5 Å². The number of amides is 2. The van der Waals surface area contributed by atoms with E-state index in [2.05, 4.69) is 10.3 Å². The van der Waals surface area contributed by atoms with Crippen molar-refractivity contribution >= 4 is 40.3 Å². The number of thiophene rings is 2. The highest BCUT2D eigenvalue weighted by atomic mass is 32.1. The monoisotopic (exact) mass is 467 g/mol. The molecule has 7 nitrogen and oxygen atoms in total. The summed E-state index contributed by atoms with van der Waals surface area (Å²) in [4.78, 5) is 46.7. The molecule has 32 heavy (non-hydrogen) atoms. The van der Waals surface area contributed by atoms with Gasteiger partial charge in [-0.05, 0) is 35.4 Å². The summed E-state index contributed by atoms with van der Waals surface area (Å²) in [6.07, 6.45) is 3.97. The van der Waals surface area contributed by atoms with Crippen molar-refractivity contribution in [3.8, 4) is 10.4 Å². The SMILES string of the molecule is O=C(NC(Cc1cccs1)C(=O)N1CCC2OCC(=O)C21)c1cncc(-c2cccs2)c1. The highest BCUT2D eigenvalue weighted by Crippen LogP contribution is 2.28. The number of aromatic nitrogens is 1. The van der Waals surface area contributed by atoms with Crippen LogP contribution in [0.4, 0.5) is 0 Å². The molecule has 2 aliphatic rings. The van der Waals surface area contributed by atoms with Crippen LogP contribution < -0.4 is 5.32 Å². The number of hydrogen-bond acceptors (Lipinski definition) is 7. The van der Waals surface area contributed by atoms with Gasteiger partial charge in [0, 0.05) is 40.7 Å². The molecule has 3 aromatic rings. The van der Waals surface area contributed by atoms with Crippen LogP contribution in [-0.4, -0.2) is 58.8 Å². The number of likely N-dealkylation sites (tertiary alicyclic amines) is 1. The molecule has 0 saturated carbocycles. The summed E-state index contributed by atoms with van der Waals surface area (Å²) in [5.41, 5.74) is 1.24. The number of hydrogen-bond donors (Lipinski definition) is 1. The summed E-state index contributed by atoms with van der Waals surface area (Å²) < 4.78 is 5.52. The predicted octanol–water partition coefficient (Wildman–Crippen LogP) is 2.78. The van der Waals surface area contributed by atoms with Crippen LogP contribution in [0.2, 0.25) is 0 Å². The Kier molecular flexibility index (Phi) is 5.86. The number of pyridine rings is 1. The maximum Gasteiger partial charge on any atom is 0.253 e. The topological polar surface area (TPSA) is 88.6 Å². The standard InChI is InChI=1S/C23H21N3O4S2/c27-18-13-30-19-5-6-26(21(18)19)23(29)17(10-16-3-1-7-31-16)25-22(28)15-9-14(11-24-12-15)20-4-2-8-32-20/h1-4,7-9,11-12,17,19,21H,5-6,10,13H2,(H,25,28). The Hall–Kier alpha value is -2.88. The van der Waals surface area contributed by atoms with Crippen molar-refractivity contribution in [1.82, 2.24) is 15.2 Å². The molecule has 9 heteroatoms. The van der Waals surface area contributed by atoms with Gasteiger partial charge in [0.15, 0.2) is 5.78 Å². The summed E-state index contributed by atoms with van der Waals surface area (Å²) in [6.45, 7) is 0.494. The summed E-state index contributed by atoms with van der Waals surface area (Å²) in [5.74, 6) is -0.689. The summed E-state index contributed by atoms with van der Waals surface area (Å²) in [7, 11) is 0. The number of carbonyl (C=O) groups is 3. The van der Waals surface area contributed by atoms with E-state index >= 15 is 0 Å². The Labute approximate surface area is 193 Å². The molecule has 0 aromatic carbocycles. The number of ketones is 1. The van der Waals surface area contributed by atoms with Gasteiger partial charge in [0.25, 0.3) is 5.91 Å². The molecule has 3 unspecified atom stereocenters. The lowest BCUT2D eigenvalue weighted by Gasteiger charge is -2.27. The van der Waals surface area contributed by atoms with Crippen molar-refractivity contribution in [3.05, 3.63) is 63.9 Å². The molecular weight excluding hydrogens is 446 g/mol. The van der Waals surface area contributed by atoms with E-state index < -0.39 is 12.1 Å². The minimum absolute atomic E-state index is 0.0439. The highest BCUT2D eigenvalue weighted by molar-refractivity contribution is 7.13. The smallest absolute Gasteiger partial charge is 0.253 e. The van der Waals surface area contributed by atoms with E-state index in [0.717, 1.165) is 15.3 Å². The molecule has 3 atom stereocenters. The average molecular weight is 468 g/mol. The molecule has 3 aromatic heterocycles. The van der Waals surface area contributed by atoms with Gasteiger partial charge >= 0.3 is 0 Å². The fraction of sp³-hybridized carbons (Fsp3) is 0.304. The first-order valence-corrected chi connectivity index (χ1v) is 12.1. The van der Waals surface area contributed by atoms with Gasteiger partial charge in [-0.3, -0.25) is 19.4 Å². The molecule has 1 N–H and O–H groups in total. The molecule has 2 saturated heterocycles. The van der Waals surface area contributed by atoms with Crippen molar-refractivity contribution in [2.45, 2.75) is 31.0 Å². The van der Waals surface area contributed by atoms with Crippen molar-refractivity contribution in [3.63, 3.8) is 0 Å². The summed E-state index contributed by atoms with van der Waals surface area (Å²) >= 11 is 3.10. The zero-order valence-corrected chi connectivity index (χ0v) is 18.7. The zero-order chi connectivity index (χ0) is 22.1. The molecular formula is C23H21N3O4S2. The second-order valence-electron chi connectivity index (χ2n) is 7.83. The molecule has 5 heterocycles. The van der Waals surface area contributed by atoms with Gasteiger partial charge < -0.3 is 15.0 Å². The quantitative estimate of drug-likeness (QED) is 0.602. The number of nitrogens with zero attached hydrogens (tertiary/aromatic N) is 2. The number of nitrogens with one attached hydrogen (secondary N) is 1. The summed E-state index contributed by atoms with van der Waals surface area (Å²) in [5, 5.41) is 6.81. The first-order chi connectivity index (χ1) is 15.6.